The van der Waals surface area contributed by atoms with Crippen LogP contribution in [0.4, 0.5) is 10.1 Å². The topological polar surface area (TPSA) is 79.7 Å². The Morgan fingerprint density at radius 2 is 1.97 bits per heavy atom. The van der Waals surface area contributed by atoms with Crippen LogP contribution in [0.25, 0.3) is 27.5 Å². The normalized spacial score (nSPS) is 14.4. The second kappa shape index (κ2) is 6.99. The summed E-state index contributed by atoms with van der Waals surface area (Å²) in [6.45, 7) is 1.65. The van der Waals surface area contributed by atoms with E-state index < -0.39 is 5.82 Å². The lowest BCUT2D eigenvalue weighted by Crippen LogP contribution is -2.36. The molecule has 1 fully saturated rings. The maximum Gasteiger partial charge on any atom is 0.271 e. The van der Waals surface area contributed by atoms with Gasteiger partial charge in [-0.25, -0.2) is 14.6 Å². The molecule has 3 heterocycles. The fourth-order valence-corrected chi connectivity index (χ4v) is 4.09. The summed E-state index contributed by atoms with van der Waals surface area (Å²) in [7, 11) is 1.73. The van der Waals surface area contributed by atoms with Gasteiger partial charge in [-0.3, -0.25) is 14.0 Å². The van der Waals surface area contributed by atoms with Gasteiger partial charge in [0.25, 0.3) is 12.3 Å². The van der Waals surface area contributed by atoms with Gasteiger partial charge in [0.2, 0.25) is 0 Å². The molecular formula is C21H18BFN6O. The van der Waals surface area contributed by atoms with E-state index in [1.807, 2.05) is 18.2 Å². The van der Waals surface area contributed by atoms with Crippen molar-refractivity contribution in [2.45, 2.75) is 12.6 Å². The van der Waals surface area contributed by atoms with Crippen molar-refractivity contribution < 1.29 is 4.39 Å². The van der Waals surface area contributed by atoms with Gasteiger partial charge >= 0.3 is 0 Å². The predicted octanol–water partition coefficient (Wildman–Crippen LogP) is 2.79. The van der Waals surface area contributed by atoms with Gasteiger partial charge in [0.1, 0.15) is 11.8 Å². The Balaban J connectivity index is 1.58. The maximum absolute atomic E-state index is 14.5. The minimum absolute atomic E-state index is 0.0953. The number of nitrogens with zero attached hydrogens (tertiary/aromatic N) is 6. The molecule has 0 spiro atoms. The van der Waals surface area contributed by atoms with Crippen LogP contribution in [0.5, 0.6) is 0 Å². The quantitative estimate of drug-likeness (QED) is 0.484. The fraction of sp³-hybridized carbons (Fsp3) is 0.238. The molecule has 4 aromatic rings. The van der Waals surface area contributed by atoms with Gasteiger partial charge in [-0.2, -0.15) is 5.10 Å². The third-order valence-corrected chi connectivity index (χ3v) is 5.72. The Labute approximate surface area is 172 Å². The molecule has 1 aliphatic rings. The molecule has 30 heavy (non-hydrogen) atoms. The van der Waals surface area contributed by atoms with Crippen molar-refractivity contribution in [1.29, 1.82) is 5.26 Å². The van der Waals surface area contributed by atoms with Crippen molar-refractivity contribution in [3.05, 3.63) is 59.0 Å². The fourth-order valence-electron chi connectivity index (χ4n) is 4.09. The number of aryl methyl sites for hydroxylation is 1. The molecule has 148 valence electrons. The van der Waals surface area contributed by atoms with E-state index in [-0.39, 0.29) is 17.8 Å². The number of fused-ring (bicyclic) bond motifs is 2. The molecule has 0 aliphatic carbocycles. The van der Waals surface area contributed by atoms with Gasteiger partial charge in [0.15, 0.2) is 5.82 Å². The Hall–Kier alpha value is -3.67. The summed E-state index contributed by atoms with van der Waals surface area (Å²) in [6, 6.07) is 8.66. The van der Waals surface area contributed by atoms with E-state index in [4.69, 9.17) is 5.26 Å². The van der Waals surface area contributed by atoms with Gasteiger partial charge in [-0.05, 0) is 36.9 Å². The van der Waals surface area contributed by atoms with Crippen LogP contribution in [-0.4, -0.2) is 39.1 Å². The van der Waals surface area contributed by atoms with Gasteiger partial charge < -0.3 is 4.90 Å². The second-order valence-electron chi connectivity index (χ2n) is 7.68. The molecule has 0 amide bonds. The molecule has 0 bridgehead atoms. The standard InChI is InChI=1S/C21H18BFN6O/c1-27-11-14-8-16(10-18(23)20(14)26-27)29-13-25-19-3-2-15(9-17(19)21(29)30)28-6-4-22(12-24)5-7-28/h2-3,8-11,13H,4-7H2,1H3. The lowest BCUT2D eigenvalue weighted by atomic mass is 9.45. The molecular weight excluding hydrogens is 382 g/mol. The number of hydrogen-bond acceptors (Lipinski definition) is 5. The van der Waals surface area contributed by atoms with Gasteiger partial charge in [0, 0.05) is 49.4 Å². The van der Waals surface area contributed by atoms with Gasteiger partial charge in [0.05, 0.1) is 16.6 Å². The summed E-state index contributed by atoms with van der Waals surface area (Å²) in [4.78, 5) is 19.8. The molecule has 2 aromatic heterocycles. The second-order valence-corrected chi connectivity index (χ2v) is 7.68. The third kappa shape index (κ3) is 3.01. The zero-order valence-corrected chi connectivity index (χ0v) is 16.4. The van der Waals surface area contributed by atoms with E-state index in [2.05, 4.69) is 21.0 Å². The molecule has 0 N–H and O–H groups in total. The number of anilines is 1. The van der Waals surface area contributed by atoms with Crippen LogP contribution >= 0.6 is 0 Å². The van der Waals surface area contributed by atoms with Crippen LogP contribution in [0.2, 0.25) is 12.6 Å². The summed E-state index contributed by atoms with van der Waals surface area (Å²) in [5.41, 5.74) is 1.95. The van der Waals surface area contributed by atoms with Crippen LogP contribution in [0, 0.1) is 17.0 Å². The first-order chi connectivity index (χ1) is 14.5. The molecule has 9 heteroatoms. The summed E-state index contributed by atoms with van der Waals surface area (Å²) >= 11 is 0. The number of rotatable bonds is 2. The number of nitriles is 1. The number of hydrogen-bond donors (Lipinski definition) is 0. The van der Waals surface area contributed by atoms with Crippen LogP contribution in [0.15, 0.2) is 47.7 Å². The summed E-state index contributed by atoms with van der Waals surface area (Å²) in [6.07, 6.45) is 4.77. The average molecular weight is 400 g/mol. The first-order valence-corrected chi connectivity index (χ1v) is 9.83. The first-order valence-electron chi connectivity index (χ1n) is 9.83. The van der Waals surface area contributed by atoms with Crippen molar-refractivity contribution in [3.8, 4) is 11.7 Å². The highest BCUT2D eigenvalue weighted by Gasteiger charge is 2.23. The Kier molecular flexibility index (Phi) is 4.28. The van der Waals surface area contributed by atoms with Crippen molar-refractivity contribution >= 4 is 34.2 Å². The predicted molar refractivity (Wildman–Crippen MR) is 115 cm³/mol. The maximum atomic E-state index is 14.5. The smallest absolute Gasteiger partial charge is 0.271 e. The molecule has 2 aromatic carbocycles. The third-order valence-electron chi connectivity index (χ3n) is 5.72. The van der Waals surface area contributed by atoms with E-state index in [1.54, 1.807) is 24.0 Å². The van der Waals surface area contributed by atoms with Crippen molar-refractivity contribution in [2.75, 3.05) is 18.0 Å². The van der Waals surface area contributed by atoms with Crippen LogP contribution in [0.1, 0.15) is 0 Å². The van der Waals surface area contributed by atoms with Crippen molar-refractivity contribution in [2.24, 2.45) is 7.05 Å². The minimum Gasteiger partial charge on any atom is -0.373 e. The highest BCUT2D eigenvalue weighted by Crippen LogP contribution is 2.24. The first kappa shape index (κ1) is 18.4. The summed E-state index contributed by atoms with van der Waals surface area (Å²) in [5.74, 6) is 1.85. The number of benzene rings is 2. The zero-order valence-electron chi connectivity index (χ0n) is 16.4. The number of aromatic nitrogens is 4. The molecule has 0 atom stereocenters. The Morgan fingerprint density at radius 3 is 2.73 bits per heavy atom. The zero-order chi connectivity index (χ0) is 20.8. The summed E-state index contributed by atoms with van der Waals surface area (Å²) < 4.78 is 17.4. The number of halogens is 1. The molecule has 7 nitrogen and oxygen atoms in total. The minimum atomic E-state index is -0.482. The van der Waals surface area contributed by atoms with E-state index in [1.165, 1.54) is 17.0 Å². The monoisotopic (exact) mass is 400 g/mol. The molecule has 0 radical (unpaired) electrons. The lowest BCUT2D eigenvalue weighted by Gasteiger charge is -2.30. The van der Waals surface area contributed by atoms with Crippen molar-refractivity contribution in [1.82, 2.24) is 19.3 Å². The highest BCUT2D eigenvalue weighted by atomic mass is 19.1. The van der Waals surface area contributed by atoms with Crippen molar-refractivity contribution in [3.63, 3.8) is 0 Å². The molecule has 0 saturated carbocycles. The van der Waals surface area contributed by atoms with E-state index >= 15 is 0 Å². The van der Waals surface area contributed by atoms with Crippen LogP contribution in [0.3, 0.4) is 0 Å². The lowest BCUT2D eigenvalue weighted by molar-refractivity contribution is 0.631. The SMILES string of the molecule is Cn1cc2cc(-n3cnc4ccc(N5CCB(C#N)CC5)cc4c3=O)cc(F)c2n1. The van der Waals surface area contributed by atoms with Gasteiger partial charge in [-0.15, -0.1) is 0 Å². The highest BCUT2D eigenvalue weighted by molar-refractivity contribution is 6.67. The van der Waals surface area contributed by atoms with E-state index in [0.29, 0.717) is 22.0 Å². The molecule has 1 saturated heterocycles. The largest absolute Gasteiger partial charge is 0.373 e. The molecule has 1 aliphatic heterocycles. The molecule has 0 unspecified atom stereocenters. The van der Waals surface area contributed by atoms with E-state index in [9.17, 15) is 9.18 Å². The average Bonchev–Trinajstić information content (AvgIpc) is 3.15. The molecule has 5 rings (SSSR count). The van der Waals surface area contributed by atoms with E-state index in [0.717, 1.165) is 31.4 Å². The summed E-state index contributed by atoms with van der Waals surface area (Å²) in [5, 5.41) is 14.3. The van der Waals surface area contributed by atoms with Crippen LogP contribution in [-0.2, 0) is 7.05 Å². The van der Waals surface area contributed by atoms with Gasteiger partial charge in [-0.1, -0.05) is 0 Å². The van der Waals surface area contributed by atoms with Crippen LogP contribution < -0.4 is 10.5 Å². The Bertz CT molecular complexity index is 1380. The Morgan fingerprint density at radius 1 is 1.17 bits per heavy atom.